The van der Waals surface area contributed by atoms with E-state index in [1.54, 1.807) is 18.3 Å². The minimum atomic E-state index is -0.214. The molecule has 1 saturated heterocycles. The first-order chi connectivity index (χ1) is 12.6. The number of nitrogens with zero attached hydrogens (tertiary/aromatic N) is 3. The number of benzene rings is 1. The molecule has 2 atom stereocenters. The number of rotatable bonds is 7. The molecule has 1 unspecified atom stereocenters. The smallest absolute Gasteiger partial charge is 0.223 e. The van der Waals surface area contributed by atoms with Crippen LogP contribution in [0.3, 0.4) is 0 Å². The van der Waals surface area contributed by atoms with Gasteiger partial charge in [-0.1, -0.05) is 24.3 Å². The third-order valence-electron chi connectivity index (χ3n) is 5.13. The van der Waals surface area contributed by atoms with Crippen LogP contribution in [-0.2, 0) is 11.8 Å². The molecule has 1 aromatic carbocycles. The number of allylic oxidation sites excluding steroid dienone is 1. The molecule has 1 aliphatic heterocycles. The first-order valence-corrected chi connectivity index (χ1v) is 9.29. The number of aryl methyl sites for hydroxylation is 1. The molecule has 0 N–H and O–H groups in total. The Kier molecular flexibility index (Phi) is 5.86. The molecule has 3 rings (SSSR count). The van der Waals surface area contributed by atoms with Gasteiger partial charge in [0.2, 0.25) is 5.91 Å². The third-order valence-corrected chi connectivity index (χ3v) is 5.13. The lowest BCUT2D eigenvalue weighted by atomic mass is 9.93. The van der Waals surface area contributed by atoms with Crippen LogP contribution in [0.25, 0.3) is 6.08 Å². The lowest BCUT2D eigenvalue weighted by Crippen LogP contribution is -2.30. The average molecular weight is 355 g/mol. The summed E-state index contributed by atoms with van der Waals surface area (Å²) in [5.74, 6) is 1.30. The molecule has 4 nitrogen and oxygen atoms in total. The third kappa shape index (κ3) is 4.03. The molecule has 0 bridgehead atoms. The lowest BCUT2D eigenvalue weighted by Gasteiger charge is -2.26. The van der Waals surface area contributed by atoms with Crippen molar-refractivity contribution in [2.45, 2.75) is 38.6 Å². The molecule has 1 aliphatic rings. The van der Waals surface area contributed by atoms with Crippen LogP contribution >= 0.6 is 0 Å². The zero-order chi connectivity index (χ0) is 18.5. The van der Waals surface area contributed by atoms with Gasteiger partial charge < -0.3 is 9.47 Å². The first kappa shape index (κ1) is 18.4. The van der Waals surface area contributed by atoms with Crippen LogP contribution < -0.4 is 0 Å². The van der Waals surface area contributed by atoms with Gasteiger partial charge in [-0.25, -0.2) is 9.37 Å². The second-order valence-electron chi connectivity index (χ2n) is 6.87. The number of imidazole rings is 1. The van der Waals surface area contributed by atoms with Crippen molar-refractivity contribution in [1.29, 1.82) is 0 Å². The van der Waals surface area contributed by atoms with E-state index < -0.39 is 0 Å². The van der Waals surface area contributed by atoms with E-state index in [2.05, 4.69) is 11.1 Å². The molecule has 2 aromatic rings. The maximum atomic E-state index is 12.9. The predicted octanol–water partition coefficient (Wildman–Crippen LogP) is 4.35. The number of halogens is 1. The highest BCUT2D eigenvalue weighted by Gasteiger charge is 2.41. The molecule has 1 aromatic heterocycles. The van der Waals surface area contributed by atoms with Crippen LogP contribution in [-0.4, -0.2) is 26.9 Å². The summed E-state index contributed by atoms with van der Waals surface area (Å²) in [6.07, 6.45) is 11.4. The molecular formula is C21H26FN3O. The summed E-state index contributed by atoms with van der Waals surface area (Å²) in [7, 11) is 1.99. The maximum Gasteiger partial charge on any atom is 0.223 e. The van der Waals surface area contributed by atoms with Crippen LogP contribution in [0.5, 0.6) is 0 Å². The molecule has 26 heavy (non-hydrogen) atoms. The Bertz CT molecular complexity index is 766. The van der Waals surface area contributed by atoms with E-state index in [1.807, 2.05) is 35.7 Å². The standard InChI is InChI=1S/C21H26FN3O/c1-3-25-19(26)15-17(20(25)21-23-13-14-24(21)2)8-6-4-5-7-16-9-11-18(22)12-10-16/h5,7,9-14,17,20H,3-4,6,8,15H2,1-2H3/b7-5+/t17-,20?/m1/s1. The number of unbranched alkanes of at least 4 members (excludes halogenated alkanes) is 1. The van der Waals surface area contributed by atoms with Crippen molar-refractivity contribution >= 4 is 12.0 Å². The minimum Gasteiger partial charge on any atom is -0.336 e. The van der Waals surface area contributed by atoms with Gasteiger partial charge in [0, 0.05) is 32.4 Å². The summed E-state index contributed by atoms with van der Waals surface area (Å²) >= 11 is 0. The second-order valence-corrected chi connectivity index (χ2v) is 6.87. The van der Waals surface area contributed by atoms with Gasteiger partial charge in [-0.05, 0) is 49.8 Å². The second kappa shape index (κ2) is 8.30. The topological polar surface area (TPSA) is 38.1 Å². The van der Waals surface area contributed by atoms with Crippen LogP contribution in [0, 0.1) is 11.7 Å². The van der Waals surface area contributed by atoms with Crippen molar-refractivity contribution in [3.63, 3.8) is 0 Å². The van der Waals surface area contributed by atoms with Gasteiger partial charge in [0.25, 0.3) is 0 Å². The summed E-state index contributed by atoms with van der Waals surface area (Å²) in [5, 5.41) is 0. The zero-order valence-corrected chi connectivity index (χ0v) is 15.4. The lowest BCUT2D eigenvalue weighted by molar-refractivity contribution is -0.128. The molecule has 0 saturated carbocycles. The number of carbonyl (C=O) groups is 1. The highest BCUT2D eigenvalue weighted by molar-refractivity contribution is 5.79. The van der Waals surface area contributed by atoms with E-state index in [9.17, 15) is 9.18 Å². The molecular weight excluding hydrogens is 329 g/mol. The largest absolute Gasteiger partial charge is 0.336 e. The Hall–Kier alpha value is -2.43. The maximum absolute atomic E-state index is 12.9. The van der Waals surface area contributed by atoms with Crippen molar-refractivity contribution in [3.8, 4) is 0 Å². The van der Waals surface area contributed by atoms with Gasteiger partial charge in [0.1, 0.15) is 11.6 Å². The van der Waals surface area contributed by atoms with E-state index in [-0.39, 0.29) is 17.8 Å². The Morgan fingerprint density at radius 3 is 2.73 bits per heavy atom. The molecule has 0 aliphatic carbocycles. The summed E-state index contributed by atoms with van der Waals surface area (Å²) in [6.45, 7) is 2.75. The van der Waals surface area contributed by atoms with Gasteiger partial charge in [-0.15, -0.1) is 0 Å². The molecule has 1 fully saturated rings. The summed E-state index contributed by atoms with van der Waals surface area (Å²) < 4.78 is 14.9. The van der Waals surface area contributed by atoms with E-state index in [0.717, 1.165) is 37.2 Å². The van der Waals surface area contributed by atoms with E-state index in [4.69, 9.17) is 0 Å². The fraction of sp³-hybridized carbons (Fsp3) is 0.429. The fourth-order valence-corrected chi connectivity index (χ4v) is 3.80. The monoisotopic (exact) mass is 355 g/mol. The number of amides is 1. The van der Waals surface area contributed by atoms with Crippen molar-refractivity contribution in [2.75, 3.05) is 6.54 Å². The van der Waals surface area contributed by atoms with Gasteiger partial charge >= 0.3 is 0 Å². The Balaban J connectivity index is 1.58. The van der Waals surface area contributed by atoms with E-state index in [0.29, 0.717) is 12.3 Å². The van der Waals surface area contributed by atoms with Gasteiger partial charge in [0.15, 0.2) is 0 Å². The molecule has 2 heterocycles. The quantitative estimate of drug-likeness (QED) is 0.693. The number of likely N-dealkylation sites (tertiary alicyclic amines) is 1. The Morgan fingerprint density at radius 1 is 1.31 bits per heavy atom. The molecule has 0 spiro atoms. The zero-order valence-electron chi connectivity index (χ0n) is 15.4. The highest BCUT2D eigenvalue weighted by atomic mass is 19.1. The molecule has 1 amide bonds. The van der Waals surface area contributed by atoms with Gasteiger partial charge in [-0.3, -0.25) is 4.79 Å². The molecule has 138 valence electrons. The number of aromatic nitrogens is 2. The van der Waals surface area contributed by atoms with E-state index >= 15 is 0 Å². The van der Waals surface area contributed by atoms with Crippen molar-refractivity contribution in [1.82, 2.24) is 14.5 Å². The van der Waals surface area contributed by atoms with E-state index in [1.165, 1.54) is 12.1 Å². The highest BCUT2D eigenvalue weighted by Crippen LogP contribution is 2.39. The normalized spacial score (nSPS) is 20.4. The first-order valence-electron chi connectivity index (χ1n) is 9.29. The van der Waals surface area contributed by atoms with Crippen LogP contribution in [0.1, 0.15) is 50.0 Å². The fourth-order valence-electron chi connectivity index (χ4n) is 3.80. The molecule has 5 heteroatoms. The summed E-state index contributed by atoms with van der Waals surface area (Å²) in [6, 6.07) is 6.57. The van der Waals surface area contributed by atoms with Crippen molar-refractivity contribution in [3.05, 3.63) is 59.9 Å². The number of hydrogen-bond acceptors (Lipinski definition) is 2. The molecule has 0 radical (unpaired) electrons. The van der Waals surface area contributed by atoms with Crippen LogP contribution in [0.2, 0.25) is 0 Å². The minimum absolute atomic E-state index is 0.0774. The Morgan fingerprint density at radius 2 is 2.08 bits per heavy atom. The Labute approximate surface area is 154 Å². The SMILES string of the molecule is CCN1C(=O)C[C@@H](CCC/C=C/c2ccc(F)cc2)C1c1nccn1C. The average Bonchev–Trinajstić information content (AvgIpc) is 3.18. The van der Waals surface area contributed by atoms with Crippen LogP contribution in [0.15, 0.2) is 42.7 Å². The number of hydrogen-bond donors (Lipinski definition) is 0. The van der Waals surface area contributed by atoms with Gasteiger partial charge in [0.05, 0.1) is 6.04 Å². The van der Waals surface area contributed by atoms with Crippen molar-refractivity contribution < 1.29 is 9.18 Å². The van der Waals surface area contributed by atoms with Crippen molar-refractivity contribution in [2.24, 2.45) is 13.0 Å². The number of carbonyl (C=O) groups excluding carboxylic acids is 1. The van der Waals surface area contributed by atoms with Crippen LogP contribution in [0.4, 0.5) is 4.39 Å². The predicted molar refractivity (Wildman–Crippen MR) is 101 cm³/mol. The summed E-state index contributed by atoms with van der Waals surface area (Å²) in [5.41, 5.74) is 1.01. The van der Waals surface area contributed by atoms with Gasteiger partial charge in [-0.2, -0.15) is 0 Å². The summed E-state index contributed by atoms with van der Waals surface area (Å²) in [4.78, 5) is 18.8.